The highest BCUT2D eigenvalue weighted by atomic mass is 35.5. The second kappa shape index (κ2) is 16.3. The molecule has 5 amide bonds. The molecule has 7 aliphatic heterocycles. The van der Waals surface area contributed by atoms with Crippen LogP contribution >= 0.6 is 11.6 Å². The highest BCUT2D eigenvalue weighted by molar-refractivity contribution is 6.33. The van der Waals surface area contributed by atoms with Crippen LogP contribution in [-0.2, 0) is 9.59 Å². The number of benzene rings is 3. The summed E-state index contributed by atoms with van der Waals surface area (Å²) in [4.78, 5) is 83.0. The summed E-state index contributed by atoms with van der Waals surface area (Å²) in [5, 5.41) is 2.75. The van der Waals surface area contributed by atoms with Gasteiger partial charge in [0.25, 0.3) is 17.7 Å². The molecule has 0 saturated carbocycles. The zero-order valence-corrected chi connectivity index (χ0v) is 35.7. The summed E-state index contributed by atoms with van der Waals surface area (Å²) in [5.74, 6) is -1.82. The summed E-state index contributed by atoms with van der Waals surface area (Å²) in [6.45, 7) is 18.6. The number of nitrogens with zero attached hydrogens (tertiary/aromatic N) is 8. The van der Waals surface area contributed by atoms with Crippen molar-refractivity contribution in [3.05, 3.63) is 93.8 Å². The minimum atomic E-state index is -0.962. The highest BCUT2D eigenvalue weighted by Gasteiger charge is 2.46. The number of piperidine rings is 3. The molecule has 1 unspecified atom stereocenters. The number of fused-ring (bicyclic) bond motifs is 1. The van der Waals surface area contributed by atoms with Crippen molar-refractivity contribution in [1.82, 2.24) is 24.9 Å². The fraction of sp³-hybridized carbons (Fsp3) is 0.489. The first-order chi connectivity index (χ1) is 30.1. The van der Waals surface area contributed by atoms with Gasteiger partial charge in [-0.1, -0.05) is 17.7 Å². The maximum atomic E-state index is 13.6. The van der Waals surface area contributed by atoms with Crippen LogP contribution < -0.4 is 20.0 Å². The summed E-state index contributed by atoms with van der Waals surface area (Å²) < 4.78 is 0. The second-order valence-corrected chi connectivity index (χ2v) is 18.7. The molecule has 14 nitrogen and oxygen atoms in total. The molecular formula is C47H52ClN9O5. The predicted molar refractivity (Wildman–Crippen MR) is 236 cm³/mol. The van der Waals surface area contributed by atoms with Crippen LogP contribution in [0.1, 0.15) is 76.0 Å². The van der Waals surface area contributed by atoms with Crippen LogP contribution in [0.4, 0.5) is 22.7 Å². The van der Waals surface area contributed by atoms with Crippen LogP contribution in [0.5, 0.6) is 0 Å². The Morgan fingerprint density at radius 3 is 2.02 bits per heavy atom. The van der Waals surface area contributed by atoms with Crippen LogP contribution in [0.3, 0.4) is 0 Å². The molecule has 0 aromatic heterocycles. The van der Waals surface area contributed by atoms with E-state index in [1.54, 1.807) is 18.2 Å². The Balaban J connectivity index is 0.651. The summed E-state index contributed by atoms with van der Waals surface area (Å²) >= 11 is 6.34. The minimum absolute atomic E-state index is 0.0998. The van der Waals surface area contributed by atoms with E-state index in [1.807, 2.05) is 35.2 Å². The number of anilines is 3. The number of halogens is 1. The first kappa shape index (κ1) is 40.6. The number of imide groups is 2. The summed E-state index contributed by atoms with van der Waals surface area (Å²) in [7, 11) is 0. The Kier molecular flexibility index (Phi) is 10.7. The van der Waals surface area contributed by atoms with Gasteiger partial charge in [0.15, 0.2) is 0 Å². The van der Waals surface area contributed by atoms with Gasteiger partial charge in [0.1, 0.15) is 6.04 Å². The van der Waals surface area contributed by atoms with Crippen LogP contribution in [-0.4, -0.2) is 146 Å². The topological polar surface area (TPSA) is 124 Å². The van der Waals surface area contributed by atoms with Gasteiger partial charge in [-0.15, -0.1) is 0 Å². The van der Waals surface area contributed by atoms with Crippen molar-refractivity contribution in [2.24, 2.45) is 5.41 Å². The Morgan fingerprint density at radius 1 is 0.677 bits per heavy atom. The van der Waals surface area contributed by atoms with Crippen molar-refractivity contribution >= 4 is 63.9 Å². The zero-order chi connectivity index (χ0) is 42.7. The molecule has 7 aliphatic rings. The molecule has 6 fully saturated rings. The van der Waals surface area contributed by atoms with Gasteiger partial charge in [-0.25, -0.2) is 4.85 Å². The molecule has 10 rings (SSSR count). The molecule has 0 bridgehead atoms. The van der Waals surface area contributed by atoms with Gasteiger partial charge in [-0.2, -0.15) is 0 Å². The van der Waals surface area contributed by atoms with E-state index in [9.17, 15) is 24.0 Å². The number of nitrogens with one attached hydrogen (secondary N) is 1. The van der Waals surface area contributed by atoms with Crippen LogP contribution in [0.15, 0.2) is 60.7 Å². The van der Waals surface area contributed by atoms with Crippen LogP contribution in [0.2, 0.25) is 5.02 Å². The molecular weight excluding hydrogens is 806 g/mol. The van der Waals surface area contributed by atoms with E-state index in [1.165, 1.54) is 5.69 Å². The van der Waals surface area contributed by atoms with Crippen LogP contribution in [0, 0.1) is 12.0 Å². The number of hydrogen-bond donors (Lipinski definition) is 1. The first-order valence-electron chi connectivity index (χ1n) is 22.2. The van der Waals surface area contributed by atoms with E-state index in [2.05, 4.69) is 46.8 Å². The number of rotatable bonds is 7. The molecule has 15 heteroatoms. The van der Waals surface area contributed by atoms with Gasteiger partial charge in [0, 0.05) is 125 Å². The average Bonchev–Trinajstić information content (AvgIpc) is 3.80. The highest BCUT2D eigenvalue weighted by Crippen LogP contribution is 2.43. The Morgan fingerprint density at radius 2 is 1.32 bits per heavy atom. The normalized spacial score (nSPS) is 23.8. The number of carbonyl (C=O) groups excluding carboxylic acids is 5. The molecule has 0 radical (unpaired) electrons. The van der Waals surface area contributed by atoms with E-state index in [4.69, 9.17) is 18.2 Å². The van der Waals surface area contributed by atoms with Crippen LogP contribution in [0.25, 0.3) is 4.85 Å². The van der Waals surface area contributed by atoms with Crippen molar-refractivity contribution in [2.45, 2.75) is 63.1 Å². The fourth-order valence-corrected chi connectivity index (χ4v) is 11.3. The molecule has 3 aromatic carbocycles. The minimum Gasteiger partial charge on any atom is -0.371 e. The van der Waals surface area contributed by atoms with E-state index < -0.39 is 23.8 Å². The van der Waals surface area contributed by atoms with E-state index in [0.29, 0.717) is 33.9 Å². The van der Waals surface area contributed by atoms with Crippen molar-refractivity contribution in [1.29, 1.82) is 0 Å². The second-order valence-electron chi connectivity index (χ2n) is 18.3. The maximum absolute atomic E-state index is 13.6. The van der Waals surface area contributed by atoms with Gasteiger partial charge in [-0.05, 0) is 98.5 Å². The smallest absolute Gasteiger partial charge is 0.262 e. The van der Waals surface area contributed by atoms with Gasteiger partial charge in [0.2, 0.25) is 17.5 Å². The molecule has 6 saturated heterocycles. The van der Waals surface area contributed by atoms with Crippen molar-refractivity contribution in [2.75, 3.05) is 93.2 Å². The van der Waals surface area contributed by atoms with E-state index in [-0.39, 0.29) is 30.1 Å². The molecule has 1 N–H and O–H groups in total. The lowest BCUT2D eigenvalue weighted by atomic mass is 9.77. The number of likely N-dealkylation sites (tertiary alicyclic amines) is 2. The first-order valence-corrected chi connectivity index (χ1v) is 22.6. The monoisotopic (exact) mass is 857 g/mol. The summed E-state index contributed by atoms with van der Waals surface area (Å²) in [6, 6.07) is 19.4. The SMILES string of the molecule is [C-]#[N+]c1ccc(N2CCC3(CCN(C(=O)c4ccc(N5CCN(C6CCN(C7CN(c8ccc9c(c8)C(=O)N(C8CCC(=O)NC8=O)C9=O)C7)CC6)CC5)cc4)CC3)C2)cc1Cl. The van der Waals surface area contributed by atoms with E-state index in [0.717, 1.165) is 132 Å². The van der Waals surface area contributed by atoms with Gasteiger partial charge in [0.05, 0.1) is 17.7 Å². The Hall–Kier alpha value is -5.49. The Labute approximate surface area is 367 Å². The summed E-state index contributed by atoms with van der Waals surface area (Å²) in [5.41, 5.74) is 5.22. The number of piperazine rings is 1. The average molecular weight is 858 g/mol. The molecule has 62 heavy (non-hydrogen) atoms. The van der Waals surface area contributed by atoms with Gasteiger partial charge in [-0.3, -0.25) is 44.0 Å². The maximum Gasteiger partial charge on any atom is 0.262 e. The predicted octanol–water partition coefficient (Wildman–Crippen LogP) is 4.90. The zero-order valence-electron chi connectivity index (χ0n) is 34.9. The third-order valence-electron chi connectivity index (χ3n) is 14.9. The summed E-state index contributed by atoms with van der Waals surface area (Å²) in [6.07, 6.45) is 5.61. The lowest BCUT2D eigenvalue weighted by molar-refractivity contribution is -0.136. The van der Waals surface area contributed by atoms with E-state index >= 15 is 0 Å². The molecule has 0 aliphatic carbocycles. The van der Waals surface area contributed by atoms with Crippen molar-refractivity contribution in [3.63, 3.8) is 0 Å². The number of amides is 5. The van der Waals surface area contributed by atoms with Crippen molar-refractivity contribution in [3.8, 4) is 0 Å². The molecule has 1 atom stereocenters. The number of hydrogen-bond acceptors (Lipinski definition) is 10. The quantitative estimate of drug-likeness (QED) is 0.260. The Bertz CT molecular complexity index is 2340. The lowest BCUT2D eigenvalue weighted by Gasteiger charge is -2.50. The van der Waals surface area contributed by atoms with Gasteiger partial charge >= 0.3 is 0 Å². The fourth-order valence-electron chi connectivity index (χ4n) is 11.0. The molecule has 7 heterocycles. The van der Waals surface area contributed by atoms with Gasteiger partial charge < -0.3 is 19.6 Å². The third-order valence-corrected chi connectivity index (χ3v) is 15.2. The largest absolute Gasteiger partial charge is 0.371 e. The lowest BCUT2D eigenvalue weighted by Crippen LogP contribution is -2.62. The molecule has 1 spiro atoms. The number of carbonyl (C=O) groups is 5. The third kappa shape index (κ3) is 7.47. The molecule has 3 aromatic rings. The standard InChI is InChI=1S/C47H52ClN9O5/c1-49-40-9-7-35(27-39(40)48)55-21-16-47(30-55)14-19-54(20-15-47)44(60)31-2-4-32(5-3-31)52-22-24-53(25-23-52)33-12-17-51(18-13-33)36-28-56(29-36)34-6-8-37-38(26-34)46(62)57(45(37)61)41-10-11-42(58)50-43(41)59/h2-9,26-27,33,36,41H,10-25,28-30H2,(H,50,58,59). The van der Waals surface area contributed by atoms with Crippen molar-refractivity contribution < 1.29 is 24.0 Å². The molecule has 322 valence electrons.